The van der Waals surface area contributed by atoms with Crippen molar-refractivity contribution >= 4 is 23.2 Å². The zero-order valence-corrected chi connectivity index (χ0v) is 13.2. The van der Waals surface area contributed by atoms with E-state index < -0.39 is 5.91 Å². The Bertz CT molecular complexity index is 831. The van der Waals surface area contributed by atoms with E-state index in [1.807, 2.05) is 37.3 Å². The van der Waals surface area contributed by atoms with E-state index in [0.29, 0.717) is 23.0 Å². The molecule has 0 spiro atoms. The van der Waals surface area contributed by atoms with Gasteiger partial charge in [-0.1, -0.05) is 48.0 Å². The van der Waals surface area contributed by atoms with Crippen LogP contribution >= 0.6 is 11.6 Å². The van der Waals surface area contributed by atoms with Gasteiger partial charge in [-0.25, -0.2) is 0 Å². The standard InChI is InChI=1S/C17H14ClN3O2/c1-11-13(18)8-5-9-14(11)19-16(22)17-21-20-15(23-17)10-12-6-3-2-4-7-12/h2-9H,10H2,1H3,(H,19,22). The maximum Gasteiger partial charge on any atom is 0.313 e. The average Bonchev–Trinajstić information content (AvgIpc) is 3.01. The molecule has 0 bridgehead atoms. The number of aromatic nitrogens is 2. The molecular weight excluding hydrogens is 314 g/mol. The first kappa shape index (κ1) is 15.2. The Hall–Kier alpha value is -2.66. The number of nitrogens with zero attached hydrogens (tertiary/aromatic N) is 2. The van der Waals surface area contributed by atoms with Crippen LogP contribution in [0.15, 0.2) is 52.9 Å². The molecule has 2 aromatic carbocycles. The summed E-state index contributed by atoms with van der Waals surface area (Å²) in [7, 11) is 0. The Balaban J connectivity index is 1.72. The number of amides is 1. The van der Waals surface area contributed by atoms with Gasteiger partial charge in [0, 0.05) is 10.7 Å². The smallest absolute Gasteiger partial charge is 0.313 e. The molecule has 6 heteroatoms. The highest BCUT2D eigenvalue weighted by molar-refractivity contribution is 6.31. The van der Waals surface area contributed by atoms with E-state index in [-0.39, 0.29) is 5.89 Å². The second-order valence-corrected chi connectivity index (χ2v) is 5.44. The number of anilines is 1. The minimum absolute atomic E-state index is 0.0738. The van der Waals surface area contributed by atoms with Crippen LogP contribution in [0.4, 0.5) is 5.69 Å². The lowest BCUT2D eigenvalue weighted by Gasteiger charge is -2.07. The predicted octanol–water partition coefficient (Wildman–Crippen LogP) is 3.87. The highest BCUT2D eigenvalue weighted by Crippen LogP contribution is 2.23. The molecule has 0 radical (unpaired) electrons. The first-order valence-corrected chi connectivity index (χ1v) is 7.44. The SMILES string of the molecule is Cc1c(Cl)cccc1NC(=O)c1nnc(Cc2ccccc2)o1. The van der Waals surface area contributed by atoms with Crippen LogP contribution < -0.4 is 5.32 Å². The van der Waals surface area contributed by atoms with Crippen LogP contribution in [0.1, 0.15) is 27.7 Å². The average molecular weight is 328 g/mol. The summed E-state index contributed by atoms with van der Waals surface area (Å²) in [6.45, 7) is 1.83. The first-order chi connectivity index (χ1) is 11.1. The number of carbonyl (C=O) groups excluding carboxylic acids is 1. The lowest BCUT2D eigenvalue weighted by molar-refractivity contribution is 0.0988. The molecule has 0 aliphatic heterocycles. The van der Waals surface area contributed by atoms with Crippen LogP contribution in [0.5, 0.6) is 0 Å². The predicted molar refractivity (Wildman–Crippen MR) is 87.7 cm³/mol. The molecule has 116 valence electrons. The van der Waals surface area contributed by atoms with Crippen molar-refractivity contribution in [3.8, 4) is 0 Å². The summed E-state index contributed by atoms with van der Waals surface area (Å²) >= 11 is 6.03. The lowest BCUT2D eigenvalue weighted by atomic mass is 10.2. The van der Waals surface area contributed by atoms with Crippen molar-refractivity contribution in [2.24, 2.45) is 0 Å². The molecular formula is C17H14ClN3O2. The number of benzene rings is 2. The molecule has 1 heterocycles. The third-order valence-corrected chi connectivity index (χ3v) is 3.78. The second kappa shape index (κ2) is 6.62. The fraction of sp³-hybridized carbons (Fsp3) is 0.118. The van der Waals surface area contributed by atoms with Crippen molar-refractivity contribution < 1.29 is 9.21 Å². The van der Waals surface area contributed by atoms with E-state index >= 15 is 0 Å². The molecule has 0 aliphatic carbocycles. The molecule has 3 rings (SSSR count). The van der Waals surface area contributed by atoms with Crippen molar-refractivity contribution in [3.63, 3.8) is 0 Å². The van der Waals surface area contributed by atoms with Gasteiger partial charge in [0.2, 0.25) is 5.89 Å². The van der Waals surface area contributed by atoms with E-state index in [2.05, 4.69) is 15.5 Å². The number of hydrogen-bond donors (Lipinski definition) is 1. The number of carbonyl (C=O) groups is 1. The Kier molecular flexibility index (Phi) is 4.39. The summed E-state index contributed by atoms with van der Waals surface area (Å²) in [5.41, 5.74) is 2.44. The summed E-state index contributed by atoms with van der Waals surface area (Å²) in [5, 5.41) is 11.0. The molecule has 1 amide bonds. The topological polar surface area (TPSA) is 68.0 Å². The van der Waals surface area contributed by atoms with E-state index in [0.717, 1.165) is 11.1 Å². The highest BCUT2D eigenvalue weighted by Gasteiger charge is 2.16. The molecule has 0 atom stereocenters. The number of nitrogens with one attached hydrogen (secondary N) is 1. The minimum atomic E-state index is -0.456. The van der Waals surface area contributed by atoms with Crippen molar-refractivity contribution in [2.75, 3.05) is 5.32 Å². The normalized spacial score (nSPS) is 10.5. The van der Waals surface area contributed by atoms with Crippen molar-refractivity contribution in [3.05, 3.63) is 76.5 Å². The van der Waals surface area contributed by atoms with Crippen LogP contribution in [0.25, 0.3) is 0 Å². The molecule has 23 heavy (non-hydrogen) atoms. The lowest BCUT2D eigenvalue weighted by Crippen LogP contribution is -2.13. The molecule has 0 fully saturated rings. The molecule has 0 saturated carbocycles. The van der Waals surface area contributed by atoms with Gasteiger partial charge in [-0.3, -0.25) is 4.79 Å². The van der Waals surface area contributed by atoms with Gasteiger partial charge < -0.3 is 9.73 Å². The van der Waals surface area contributed by atoms with E-state index in [4.69, 9.17) is 16.0 Å². The van der Waals surface area contributed by atoms with Crippen LogP contribution in [-0.2, 0) is 6.42 Å². The monoisotopic (exact) mass is 327 g/mol. The molecule has 5 nitrogen and oxygen atoms in total. The van der Waals surface area contributed by atoms with Crippen LogP contribution in [0, 0.1) is 6.92 Å². The molecule has 0 saturated heterocycles. The van der Waals surface area contributed by atoms with Gasteiger partial charge in [-0.15, -0.1) is 10.2 Å². The van der Waals surface area contributed by atoms with Crippen LogP contribution in [0.3, 0.4) is 0 Å². The van der Waals surface area contributed by atoms with Gasteiger partial charge >= 0.3 is 11.8 Å². The molecule has 0 unspecified atom stereocenters. The molecule has 1 N–H and O–H groups in total. The van der Waals surface area contributed by atoms with Gasteiger partial charge in [0.25, 0.3) is 0 Å². The summed E-state index contributed by atoms with van der Waals surface area (Å²) in [5.74, 6) is -0.137. The van der Waals surface area contributed by atoms with Crippen molar-refractivity contribution in [2.45, 2.75) is 13.3 Å². The maximum atomic E-state index is 12.2. The Morgan fingerprint density at radius 1 is 1.13 bits per heavy atom. The molecule has 3 aromatic rings. The van der Waals surface area contributed by atoms with Gasteiger partial charge in [0.1, 0.15) is 0 Å². The highest BCUT2D eigenvalue weighted by atomic mass is 35.5. The summed E-state index contributed by atoms with van der Waals surface area (Å²) in [4.78, 5) is 12.2. The zero-order valence-electron chi connectivity index (χ0n) is 12.4. The first-order valence-electron chi connectivity index (χ1n) is 7.06. The summed E-state index contributed by atoms with van der Waals surface area (Å²) in [6.07, 6.45) is 0.483. The minimum Gasteiger partial charge on any atom is -0.417 e. The second-order valence-electron chi connectivity index (χ2n) is 5.03. The largest absolute Gasteiger partial charge is 0.417 e. The van der Waals surface area contributed by atoms with E-state index in [9.17, 15) is 4.79 Å². The fourth-order valence-electron chi connectivity index (χ4n) is 2.11. The van der Waals surface area contributed by atoms with Gasteiger partial charge in [0.05, 0.1) is 6.42 Å². The van der Waals surface area contributed by atoms with E-state index in [1.54, 1.807) is 18.2 Å². The van der Waals surface area contributed by atoms with E-state index in [1.165, 1.54) is 0 Å². The van der Waals surface area contributed by atoms with Gasteiger partial charge in [0.15, 0.2) is 0 Å². The van der Waals surface area contributed by atoms with Crippen LogP contribution in [-0.4, -0.2) is 16.1 Å². The fourth-order valence-corrected chi connectivity index (χ4v) is 2.28. The Morgan fingerprint density at radius 3 is 2.70 bits per heavy atom. The Morgan fingerprint density at radius 2 is 1.91 bits per heavy atom. The number of halogens is 1. The number of hydrogen-bond acceptors (Lipinski definition) is 4. The zero-order chi connectivity index (χ0) is 16.2. The van der Waals surface area contributed by atoms with Gasteiger partial charge in [-0.2, -0.15) is 0 Å². The number of rotatable bonds is 4. The molecule has 1 aromatic heterocycles. The molecule has 0 aliphatic rings. The third kappa shape index (κ3) is 3.57. The maximum absolute atomic E-state index is 12.2. The third-order valence-electron chi connectivity index (χ3n) is 3.38. The van der Waals surface area contributed by atoms with Crippen molar-refractivity contribution in [1.82, 2.24) is 10.2 Å². The summed E-state index contributed by atoms with van der Waals surface area (Å²) < 4.78 is 5.42. The summed E-state index contributed by atoms with van der Waals surface area (Å²) in [6, 6.07) is 15.0. The Labute approximate surface area is 138 Å². The quantitative estimate of drug-likeness (QED) is 0.789. The van der Waals surface area contributed by atoms with Gasteiger partial charge in [-0.05, 0) is 30.2 Å². The van der Waals surface area contributed by atoms with Crippen molar-refractivity contribution in [1.29, 1.82) is 0 Å². The van der Waals surface area contributed by atoms with Crippen LogP contribution in [0.2, 0.25) is 5.02 Å².